The number of ether oxygens (including phenoxy) is 2. The molecule has 3 fully saturated rings. The zero-order valence-corrected chi connectivity index (χ0v) is 13.6. The molecule has 0 spiro atoms. The van der Waals surface area contributed by atoms with E-state index in [4.69, 9.17) is 9.47 Å². The van der Waals surface area contributed by atoms with Gasteiger partial charge < -0.3 is 14.6 Å². The Kier molecular flexibility index (Phi) is 3.75. The fourth-order valence-corrected chi connectivity index (χ4v) is 5.58. The Bertz CT molecular complexity index is 489. The Hall–Kier alpha value is -1.10. The van der Waals surface area contributed by atoms with Crippen LogP contribution in [0.2, 0.25) is 0 Å². The molecule has 5 heteroatoms. The van der Waals surface area contributed by atoms with Crippen LogP contribution in [0.15, 0.2) is 0 Å². The summed E-state index contributed by atoms with van der Waals surface area (Å²) in [6.07, 6.45) is 3.15. The monoisotopic (exact) mass is 310 g/mol. The van der Waals surface area contributed by atoms with Crippen molar-refractivity contribution < 1.29 is 24.2 Å². The molecule has 0 aromatic rings. The number of methoxy groups -OCH3 is 1. The molecule has 2 aliphatic carbocycles. The van der Waals surface area contributed by atoms with Crippen LogP contribution in [0.1, 0.15) is 46.0 Å². The fourth-order valence-electron chi connectivity index (χ4n) is 5.58. The maximum atomic E-state index is 12.4. The van der Waals surface area contributed by atoms with Gasteiger partial charge in [0, 0.05) is 12.3 Å². The SMILES string of the molecule is COC(=O)[C@@]1(C)CCC[C@@]2(C)[C@H]1C[C@@H](O)[C@H]1COC(=O)C[C@@H]12. The number of aliphatic hydroxyl groups excluding tert-OH is 1. The van der Waals surface area contributed by atoms with Crippen LogP contribution < -0.4 is 0 Å². The molecule has 0 unspecified atom stereocenters. The van der Waals surface area contributed by atoms with Gasteiger partial charge in [-0.05, 0) is 43.4 Å². The molecule has 1 saturated heterocycles. The Balaban J connectivity index is 2.00. The number of hydrogen-bond donors (Lipinski definition) is 1. The molecule has 5 nitrogen and oxygen atoms in total. The third-order valence-electron chi connectivity index (χ3n) is 6.79. The molecule has 0 bridgehead atoms. The zero-order chi connectivity index (χ0) is 16.1. The van der Waals surface area contributed by atoms with Gasteiger partial charge in [-0.25, -0.2) is 0 Å². The molecule has 6 atom stereocenters. The predicted molar refractivity (Wildman–Crippen MR) is 78.8 cm³/mol. The number of carbonyl (C=O) groups excluding carboxylic acids is 2. The molecular formula is C17H26O5. The lowest BCUT2D eigenvalue weighted by Gasteiger charge is -2.60. The largest absolute Gasteiger partial charge is 0.469 e. The number of esters is 2. The number of cyclic esters (lactones) is 1. The average molecular weight is 310 g/mol. The highest BCUT2D eigenvalue weighted by Crippen LogP contribution is 2.62. The van der Waals surface area contributed by atoms with Gasteiger partial charge in [0.1, 0.15) is 0 Å². The van der Waals surface area contributed by atoms with Crippen LogP contribution in [0, 0.1) is 28.6 Å². The van der Waals surface area contributed by atoms with Crippen LogP contribution in [-0.4, -0.2) is 36.9 Å². The minimum absolute atomic E-state index is 0.000975. The lowest BCUT2D eigenvalue weighted by molar-refractivity contribution is -0.202. The van der Waals surface area contributed by atoms with Gasteiger partial charge in [0.2, 0.25) is 0 Å². The van der Waals surface area contributed by atoms with Gasteiger partial charge in [-0.1, -0.05) is 13.3 Å². The third-order valence-corrected chi connectivity index (χ3v) is 6.79. The molecular weight excluding hydrogens is 284 g/mol. The average Bonchev–Trinajstić information content (AvgIpc) is 2.49. The summed E-state index contributed by atoms with van der Waals surface area (Å²) in [6.45, 7) is 4.47. The standard InChI is InChI=1S/C17H26O5/c1-16-5-4-6-17(2,15(20)21-3)13(16)8-12(18)10-9-22-14(19)7-11(10)16/h10-13,18H,4-9H2,1-3H3/t10-,11-,12+,13+,16+,17-/m0/s1. The van der Waals surface area contributed by atoms with Crippen molar-refractivity contribution in [1.29, 1.82) is 0 Å². The van der Waals surface area contributed by atoms with Crippen molar-refractivity contribution >= 4 is 11.9 Å². The summed E-state index contributed by atoms with van der Waals surface area (Å²) in [5, 5.41) is 10.6. The number of aliphatic hydroxyl groups is 1. The van der Waals surface area contributed by atoms with Crippen LogP contribution in [0.4, 0.5) is 0 Å². The van der Waals surface area contributed by atoms with Crippen LogP contribution in [0.5, 0.6) is 0 Å². The van der Waals surface area contributed by atoms with Crippen LogP contribution >= 0.6 is 0 Å². The van der Waals surface area contributed by atoms with Crippen molar-refractivity contribution in [2.45, 2.75) is 52.1 Å². The first-order chi connectivity index (χ1) is 10.3. The summed E-state index contributed by atoms with van der Waals surface area (Å²) in [7, 11) is 1.43. The smallest absolute Gasteiger partial charge is 0.311 e. The highest BCUT2D eigenvalue weighted by atomic mass is 16.5. The molecule has 1 N–H and O–H groups in total. The molecule has 0 radical (unpaired) electrons. The summed E-state index contributed by atoms with van der Waals surface area (Å²) in [5.41, 5.74) is -0.695. The van der Waals surface area contributed by atoms with Crippen molar-refractivity contribution in [2.24, 2.45) is 28.6 Å². The lowest BCUT2D eigenvalue weighted by atomic mass is 9.45. The van der Waals surface area contributed by atoms with E-state index in [1.807, 2.05) is 6.92 Å². The molecule has 0 aromatic carbocycles. The molecule has 22 heavy (non-hydrogen) atoms. The molecule has 3 rings (SSSR count). The van der Waals surface area contributed by atoms with Crippen molar-refractivity contribution in [1.82, 2.24) is 0 Å². The predicted octanol–water partition coefficient (Wildman–Crippen LogP) is 1.92. The number of carbonyl (C=O) groups is 2. The molecule has 1 aliphatic heterocycles. The summed E-state index contributed by atoms with van der Waals surface area (Å²) in [6, 6.07) is 0. The van der Waals surface area contributed by atoms with E-state index in [1.54, 1.807) is 0 Å². The molecule has 0 amide bonds. The first kappa shape index (κ1) is 15.8. The van der Waals surface area contributed by atoms with Crippen molar-refractivity contribution in [2.75, 3.05) is 13.7 Å². The minimum Gasteiger partial charge on any atom is -0.469 e. The van der Waals surface area contributed by atoms with E-state index in [0.717, 1.165) is 19.3 Å². The highest BCUT2D eigenvalue weighted by Gasteiger charge is 2.62. The van der Waals surface area contributed by atoms with Crippen LogP contribution in [0.25, 0.3) is 0 Å². The van der Waals surface area contributed by atoms with Crippen LogP contribution in [-0.2, 0) is 19.1 Å². The number of fused-ring (bicyclic) bond motifs is 3. The first-order valence-corrected chi connectivity index (χ1v) is 8.25. The third kappa shape index (κ3) is 2.08. The quantitative estimate of drug-likeness (QED) is 0.749. The maximum absolute atomic E-state index is 12.4. The number of rotatable bonds is 1. The second kappa shape index (κ2) is 5.22. The molecule has 2 saturated carbocycles. The van der Waals surface area contributed by atoms with Gasteiger partial charge in [0.15, 0.2) is 0 Å². The van der Waals surface area contributed by atoms with E-state index in [2.05, 4.69) is 6.92 Å². The van der Waals surface area contributed by atoms with Gasteiger partial charge in [0.05, 0.1) is 25.2 Å². The topological polar surface area (TPSA) is 72.8 Å². The highest BCUT2D eigenvalue weighted by molar-refractivity contribution is 5.77. The maximum Gasteiger partial charge on any atom is 0.311 e. The van der Waals surface area contributed by atoms with E-state index in [-0.39, 0.29) is 35.1 Å². The van der Waals surface area contributed by atoms with Crippen molar-refractivity contribution in [3.63, 3.8) is 0 Å². The Morgan fingerprint density at radius 1 is 1.36 bits per heavy atom. The minimum atomic E-state index is -0.574. The van der Waals surface area contributed by atoms with Crippen molar-refractivity contribution in [3.05, 3.63) is 0 Å². The van der Waals surface area contributed by atoms with E-state index in [9.17, 15) is 14.7 Å². The summed E-state index contributed by atoms with van der Waals surface area (Å²) >= 11 is 0. The number of hydrogen-bond acceptors (Lipinski definition) is 5. The first-order valence-electron chi connectivity index (χ1n) is 8.25. The Morgan fingerprint density at radius 3 is 2.77 bits per heavy atom. The summed E-state index contributed by atoms with van der Waals surface area (Å²) < 4.78 is 10.2. The normalized spacial score (nSPS) is 47.9. The molecule has 124 valence electrons. The van der Waals surface area contributed by atoms with E-state index >= 15 is 0 Å². The molecule has 1 heterocycles. The van der Waals surface area contributed by atoms with E-state index in [0.29, 0.717) is 19.4 Å². The van der Waals surface area contributed by atoms with Gasteiger partial charge in [-0.15, -0.1) is 0 Å². The van der Waals surface area contributed by atoms with Gasteiger partial charge >= 0.3 is 11.9 Å². The van der Waals surface area contributed by atoms with Gasteiger partial charge in [-0.2, -0.15) is 0 Å². The zero-order valence-electron chi connectivity index (χ0n) is 13.6. The second-order valence-electron chi connectivity index (χ2n) is 7.78. The molecule has 3 aliphatic rings. The lowest BCUT2D eigenvalue weighted by Crippen LogP contribution is -2.60. The van der Waals surface area contributed by atoms with Crippen LogP contribution in [0.3, 0.4) is 0 Å². The van der Waals surface area contributed by atoms with Gasteiger partial charge in [0.25, 0.3) is 0 Å². The van der Waals surface area contributed by atoms with Gasteiger partial charge in [-0.3, -0.25) is 9.59 Å². The fraction of sp³-hybridized carbons (Fsp3) is 0.882. The summed E-state index contributed by atoms with van der Waals surface area (Å²) in [5.74, 6) is -0.234. The second-order valence-corrected chi connectivity index (χ2v) is 7.78. The Morgan fingerprint density at radius 2 is 2.09 bits per heavy atom. The van der Waals surface area contributed by atoms with E-state index in [1.165, 1.54) is 7.11 Å². The summed E-state index contributed by atoms with van der Waals surface area (Å²) in [4.78, 5) is 24.2. The van der Waals surface area contributed by atoms with Crippen molar-refractivity contribution in [3.8, 4) is 0 Å². The Labute approximate surface area is 131 Å². The van der Waals surface area contributed by atoms with E-state index < -0.39 is 11.5 Å². The molecule has 0 aromatic heterocycles.